The molecule has 2 aromatic carbocycles. The average Bonchev–Trinajstić information content (AvgIpc) is 3.42. The van der Waals surface area contributed by atoms with Crippen molar-refractivity contribution in [2.24, 2.45) is 5.41 Å². The van der Waals surface area contributed by atoms with Crippen LogP contribution < -0.4 is 5.32 Å². The predicted molar refractivity (Wildman–Crippen MR) is 125 cm³/mol. The number of rotatable bonds is 8. The van der Waals surface area contributed by atoms with Gasteiger partial charge in [-0.15, -0.1) is 0 Å². The predicted octanol–water partition coefficient (Wildman–Crippen LogP) is 2.99. The van der Waals surface area contributed by atoms with Crippen LogP contribution in [0, 0.1) is 5.41 Å². The zero-order chi connectivity index (χ0) is 24.3. The fraction of sp³-hybridized carbons (Fsp3) is 0.423. The van der Waals surface area contributed by atoms with Gasteiger partial charge in [0, 0.05) is 25.6 Å². The summed E-state index contributed by atoms with van der Waals surface area (Å²) in [6.07, 6.45) is -1.10. The Morgan fingerprint density at radius 2 is 1.74 bits per heavy atom. The van der Waals surface area contributed by atoms with Crippen LogP contribution in [0.15, 0.2) is 48.5 Å². The van der Waals surface area contributed by atoms with E-state index in [0.29, 0.717) is 19.4 Å². The van der Waals surface area contributed by atoms with Gasteiger partial charge >= 0.3 is 12.1 Å². The van der Waals surface area contributed by atoms with Crippen LogP contribution in [0.3, 0.4) is 0 Å². The molecule has 0 saturated carbocycles. The van der Waals surface area contributed by atoms with E-state index in [9.17, 15) is 24.6 Å². The normalized spacial score (nSPS) is 19.9. The highest BCUT2D eigenvalue weighted by Crippen LogP contribution is 2.44. The molecule has 2 aromatic rings. The largest absolute Gasteiger partial charge is 0.481 e. The van der Waals surface area contributed by atoms with Gasteiger partial charge in [-0.3, -0.25) is 9.59 Å². The first kappa shape index (κ1) is 23.8. The number of aliphatic hydroxyl groups excluding tert-OH is 1. The molecule has 0 bridgehead atoms. The van der Waals surface area contributed by atoms with Gasteiger partial charge in [0.2, 0.25) is 5.91 Å². The van der Waals surface area contributed by atoms with Crippen LogP contribution in [0.25, 0.3) is 11.1 Å². The minimum absolute atomic E-state index is 0.0621. The maximum Gasteiger partial charge on any atom is 0.407 e. The van der Waals surface area contributed by atoms with Crippen LogP contribution in [-0.4, -0.2) is 65.4 Å². The Kier molecular flexibility index (Phi) is 6.88. The lowest BCUT2D eigenvalue weighted by molar-refractivity contribution is -0.148. The molecule has 1 aliphatic carbocycles. The molecule has 2 atom stereocenters. The fourth-order valence-corrected chi connectivity index (χ4v) is 4.95. The number of alkyl carbamates (subject to hydrolysis) is 1. The Morgan fingerprint density at radius 1 is 1.12 bits per heavy atom. The Labute approximate surface area is 198 Å². The summed E-state index contributed by atoms with van der Waals surface area (Å²) in [6.45, 7) is 2.33. The molecule has 2 unspecified atom stereocenters. The van der Waals surface area contributed by atoms with Gasteiger partial charge in [0.25, 0.3) is 0 Å². The highest BCUT2D eigenvalue weighted by molar-refractivity contribution is 5.81. The van der Waals surface area contributed by atoms with Crippen molar-refractivity contribution in [2.75, 3.05) is 26.2 Å². The van der Waals surface area contributed by atoms with E-state index >= 15 is 0 Å². The quantitative estimate of drug-likeness (QED) is 0.551. The van der Waals surface area contributed by atoms with Gasteiger partial charge in [-0.2, -0.15) is 0 Å². The number of hydrogen-bond acceptors (Lipinski definition) is 5. The number of aliphatic hydroxyl groups is 1. The molecule has 1 heterocycles. The van der Waals surface area contributed by atoms with Crippen molar-refractivity contribution in [3.63, 3.8) is 0 Å². The smallest absolute Gasteiger partial charge is 0.407 e. The third kappa shape index (κ3) is 4.63. The highest BCUT2D eigenvalue weighted by Gasteiger charge is 2.44. The summed E-state index contributed by atoms with van der Waals surface area (Å²) in [5.74, 6) is -1.28. The van der Waals surface area contributed by atoms with E-state index in [4.69, 9.17) is 4.74 Å². The maximum absolute atomic E-state index is 12.5. The fourth-order valence-electron chi connectivity index (χ4n) is 4.95. The number of aliphatic carboxylic acids is 1. The van der Waals surface area contributed by atoms with Crippen molar-refractivity contribution in [3.05, 3.63) is 59.7 Å². The number of carbonyl (C=O) groups excluding carboxylic acids is 2. The first-order chi connectivity index (χ1) is 16.3. The zero-order valence-electron chi connectivity index (χ0n) is 19.2. The van der Waals surface area contributed by atoms with Crippen LogP contribution in [-0.2, 0) is 14.3 Å². The highest BCUT2D eigenvalue weighted by atomic mass is 16.5. The second kappa shape index (κ2) is 9.85. The van der Waals surface area contributed by atoms with Crippen molar-refractivity contribution < 1.29 is 29.3 Å². The molecule has 8 nitrogen and oxygen atoms in total. The van der Waals surface area contributed by atoms with Gasteiger partial charge in [-0.05, 0) is 35.1 Å². The van der Waals surface area contributed by atoms with Crippen molar-refractivity contribution >= 4 is 18.0 Å². The molecule has 4 rings (SSSR count). The average molecular weight is 467 g/mol. The summed E-state index contributed by atoms with van der Waals surface area (Å²) in [5.41, 5.74) is 3.57. The van der Waals surface area contributed by atoms with Gasteiger partial charge in [-0.1, -0.05) is 55.5 Å². The topological polar surface area (TPSA) is 116 Å². The number of nitrogens with one attached hydrogen (secondary N) is 1. The standard InChI is InChI=1S/C26H30N2O6/c1-2-26(24(31)32)11-12-28(16-26)23(30)13-17(29)14-27-25(33)34-15-22-20-9-5-3-7-18(20)19-8-4-6-10-21(19)22/h3-10,17,22,29H,2,11-16H2,1H3,(H,27,33)(H,31,32). The lowest BCUT2D eigenvalue weighted by Crippen LogP contribution is -2.39. The number of carbonyl (C=O) groups is 3. The van der Waals surface area contributed by atoms with E-state index in [1.807, 2.05) is 36.4 Å². The summed E-state index contributed by atoms with van der Waals surface area (Å²) in [6, 6.07) is 16.1. The third-order valence-corrected chi connectivity index (χ3v) is 7.07. The number of amides is 2. The van der Waals surface area contributed by atoms with E-state index in [0.717, 1.165) is 22.3 Å². The van der Waals surface area contributed by atoms with Crippen molar-refractivity contribution in [1.29, 1.82) is 0 Å². The molecule has 2 aliphatic rings. The van der Waals surface area contributed by atoms with Crippen LogP contribution in [0.2, 0.25) is 0 Å². The maximum atomic E-state index is 12.5. The molecular weight excluding hydrogens is 436 g/mol. The second-order valence-corrected chi connectivity index (χ2v) is 9.07. The summed E-state index contributed by atoms with van der Waals surface area (Å²) >= 11 is 0. The molecule has 34 heavy (non-hydrogen) atoms. The molecule has 1 fully saturated rings. The summed E-state index contributed by atoms with van der Waals surface area (Å²) in [7, 11) is 0. The Balaban J connectivity index is 1.25. The summed E-state index contributed by atoms with van der Waals surface area (Å²) in [4.78, 5) is 37.8. The number of likely N-dealkylation sites (tertiary alicyclic amines) is 1. The van der Waals surface area contributed by atoms with E-state index in [-0.39, 0.29) is 37.9 Å². The third-order valence-electron chi connectivity index (χ3n) is 7.07. The molecule has 0 aromatic heterocycles. The molecule has 180 valence electrons. The number of carboxylic acid groups (broad SMARTS) is 1. The number of carboxylic acids is 1. The van der Waals surface area contributed by atoms with Crippen LogP contribution in [0.5, 0.6) is 0 Å². The zero-order valence-corrected chi connectivity index (χ0v) is 19.2. The minimum Gasteiger partial charge on any atom is -0.481 e. The first-order valence-corrected chi connectivity index (χ1v) is 11.6. The monoisotopic (exact) mass is 466 g/mol. The van der Waals surface area contributed by atoms with E-state index in [2.05, 4.69) is 17.4 Å². The van der Waals surface area contributed by atoms with Gasteiger partial charge in [0.1, 0.15) is 6.61 Å². The Hall–Kier alpha value is -3.39. The number of benzene rings is 2. The van der Waals surface area contributed by atoms with Crippen molar-refractivity contribution in [2.45, 2.75) is 38.2 Å². The number of fused-ring (bicyclic) bond motifs is 3. The van der Waals surface area contributed by atoms with Gasteiger partial charge < -0.3 is 25.2 Å². The molecular formula is C26H30N2O6. The number of nitrogens with zero attached hydrogens (tertiary/aromatic N) is 1. The van der Waals surface area contributed by atoms with Crippen LogP contribution in [0.4, 0.5) is 4.79 Å². The van der Waals surface area contributed by atoms with Crippen LogP contribution >= 0.6 is 0 Å². The molecule has 1 aliphatic heterocycles. The molecule has 8 heteroatoms. The second-order valence-electron chi connectivity index (χ2n) is 9.07. The van der Waals surface area contributed by atoms with E-state index in [1.165, 1.54) is 4.90 Å². The number of hydrogen-bond donors (Lipinski definition) is 3. The SMILES string of the molecule is CCC1(C(=O)O)CCN(C(=O)CC(O)CNC(=O)OCC2c3ccccc3-c3ccccc32)C1. The minimum atomic E-state index is -1.09. The summed E-state index contributed by atoms with van der Waals surface area (Å²) < 4.78 is 5.44. The molecule has 1 saturated heterocycles. The van der Waals surface area contributed by atoms with Gasteiger partial charge in [0.05, 0.1) is 17.9 Å². The molecule has 3 N–H and O–H groups in total. The lowest BCUT2D eigenvalue weighted by atomic mass is 9.84. The number of ether oxygens (including phenoxy) is 1. The van der Waals surface area contributed by atoms with Gasteiger partial charge in [0.15, 0.2) is 0 Å². The molecule has 0 radical (unpaired) electrons. The van der Waals surface area contributed by atoms with Gasteiger partial charge in [-0.25, -0.2) is 4.79 Å². The Morgan fingerprint density at radius 3 is 2.29 bits per heavy atom. The van der Waals surface area contributed by atoms with Crippen LogP contribution in [0.1, 0.15) is 43.2 Å². The molecule has 2 amide bonds. The molecule has 0 spiro atoms. The lowest BCUT2D eigenvalue weighted by Gasteiger charge is -2.23. The summed E-state index contributed by atoms with van der Waals surface area (Å²) in [5, 5.41) is 22.2. The van der Waals surface area contributed by atoms with Crippen molar-refractivity contribution in [3.8, 4) is 11.1 Å². The first-order valence-electron chi connectivity index (χ1n) is 11.6. The Bertz CT molecular complexity index is 1040. The van der Waals surface area contributed by atoms with E-state index < -0.39 is 23.6 Å². The van der Waals surface area contributed by atoms with E-state index in [1.54, 1.807) is 6.92 Å². The van der Waals surface area contributed by atoms with Crippen molar-refractivity contribution in [1.82, 2.24) is 10.2 Å².